The Morgan fingerprint density at radius 1 is 1.50 bits per heavy atom. The van der Waals surface area contributed by atoms with Gasteiger partial charge in [0.2, 0.25) is 0 Å². The molecule has 1 aromatic heterocycles. The van der Waals surface area contributed by atoms with Crippen molar-refractivity contribution in [2.45, 2.75) is 13.5 Å². The number of esters is 1. The number of nitrogens with zero attached hydrogens (tertiary/aromatic N) is 3. The largest absolute Gasteiger partial charge is 0.465 e. The number of aromatic nitrogens is 2. The van der Waals surface area contributed by atoms with Crippen molar-refractivity contribution in [1.82, 2.24) is 9.13 Å². The Balaban J connectivity index is 3.34. The van der Waals surface area contributed by atoms with E-state index in [0.29, 0.717) is 4.57 Å². The molecule has 0 amide bonds. The molecule has 0 unspecified atom stereocenters. The lowest BCUT2D eigenvalue weighted by molar-refractivity contribution is -0.387. The van der Waals surface area contributed by atoms with Crippen LogP contribution < -0.4 is 11.2 Å². The van der Waals surface area contributed by atoms with Crippen LogP contribution in [0.5, 0.6) is 0 Å². The second-order valence-corrected chi connectivity index (χ2v) is 3.36. The van der Waals surface area contributed by atoms with Gasteiger partial charge in [0.1, 0.15) is 6.54 Å². The van der Waals surface area contributed by atoms with Gasteiger partial charge < -0.3 is 4.74 Å². The van der Waals surface area contributed by atoms with Crippen LogP contribution in [0.25, 0.3) is 0 Å². The molecule has 0 saturated heterocycles. The SMILES string of the molecule is CCOC(=O)Cn1c(=O)c([N+](=O)[O-])cn(C)c1=O. The highest BCUT2D eigenvalue weighted by atomic mass is 16.6. The van der Waals surface area contributed by atoms with Gasteiger partial charge in [-0.1, -0.05) is 0 Å². The number of hydrogen-bond acceptors (Lipinski definition) is 6. The molecule has 0 radical (unpaired) electrons. The Labute approximate surface area is 100 Å². The van der Waals surface area contributed by atoms with Crippen LogP contribution in [0.1, 0.15) is 6.92 Å². The molecule has 9 nitrogen and oxygen atoms in total. The lowest BCUT2D eigenvalue weighted by Gasteiger charge is -2.06. The molecule has 1 rings (SSSR count). The van der Waals surface area contributed by atoms with Crippen LogP contribution in [-0.2, 0) is 23.1 Å². The molecule has 0 atom stereocenters. The first kappa shape index (κ1) is 13.6. The molecule has 0 bridgehead atoms. The molecular formula is C9H11N3O6. The van der Waals surface area contributed by atoms with E-state index < -0.39 is 34.4 Å². The third-order valence-electron chi connectivity index (χ3n) is 2.10. The van der Waals surface area contributed by atoms with E-state index in [2.05, 4.69) is 4.74 Å². The van der Waals surface area contributed by atoms with Crippen LogP contribution in [0.3, 0.4) is 0 Å². The van der Waals surface area contributed by atoms with Crippen molar-refractivity contribution < 1.29 is 14.5 Å². The van der Waals surface area contributed by atoms with E-state index >= 15 is 0 Å². The molecule has 18 heavy (non-hydrogen) atoms. The smallest absolute Gasteiger partial charge is 0.350 e. The third kappa shape index (κ3) is 2.62. The van der Waals surface area contributed by atoms with Crippen molar-refractivity contribution in [3.05, 3.63) is 37.1 Å². The van der Waals surface area contributed by atoms with E-state index in [-0.39, 0.29) is 6.61 Å². The fourth-order valence-corrected chi connectivity index (χ4v) is 1.31. The molecule has 0 fully saturated rings. The Hall–Kier alpha value is -2.45. The van der Waals surface area contributed by atoms with Crippen molar-refractivity contribution >= 4 is 11.7 Å². The van der Waals surface area contributed by atoms with Gasteiger partial charge in [0.05, 0.1) is 17.7 Å². The fraction of sp³-hybridized carbons (Fsp3) is 0.444. The second-order valence-electron chi connectivity index (χ2n) is 3.36. The highest BCUT2D eigenvalue weighted by molar-refractivity contribution is 5.69. The molecule has 0 saturated carbocycles. The van der Waals surface area contributed by atoms with E-state index in [4.69, 9.17) is 0 Å². The average Bonchev–Trinajstić information content (AvgIpc) is 2.29. The van der Waals surface area contributed by atoms with Crippen molar-refractivity contribution in [2.24, 2.45) is 7.05 Å². The Morgan fingerprint density at radius 3 is 2.61 bits per heavy atom. The molecular weight excluding hydrogens is 246 g/mol. The summed E-state index contributed by atoms with van der Waals surface area (Å²) in [5.41, 5.74) is -2.73. The van der Waals surface area contributed by atoms with Crippen molar-refractivity contribution in [2.75, 3.05) is 6.61 Å². The maximum atomic E-state index is 11.6. The van der Waals surface area contributed by atoms with E-state index in [1.54, 1.807) is 6.92 Å². The van der Waals surface area contributed by atoms with Crippen LogP contribution in [0.15, 0.2) is 15.8 Å². The number of ether oxygens (including phenoxy) is 1. The minimum Gasteiger partial charge on any atom is -0.465 e. The van der Waals surface area contributed by atoms with E-state index in [1.165, 1.54) is 7.05 Å². The highest BCUT2D eigenvalue weighted by Crippen LogP contribution is 1.99. The second kappa shape index (κ2) is 5.25. The third-order valence-corrected chi connectivity index (χ3v) is 2.10. The predicted octanol–water partition coefficient (Wildman–Crippen LogP) is -0.982. The standard InChI is InChI=1S/C9H11N3O6/c1-3-18-7(13)5-11-8(14)6(12(16)17)4-10(2)9(11)15/h4H,3,5H2,1-2H3. The van der Waals surface area contributed by atoms with Gasteiger partial charge in [0.25, 0.3) is 0 Å². The zero-order chi connectivity index (χ0) is 13.9. The Bertz CT molecular complexity index is 599. The van der Waals surface area contributed by atoms with Gasteiger partial charge in [-0.15, -0.1) is 0 Å². The monoisotopic (exact) mass is 257 g/mol. The zero-order valence-corrected chi connectivity index (χ0v) is 9.78. The van der Waals surface area contributed by atoms with Gasteiger partial charge >= 0.3 is 22.9 Å². The average molecular weight is 257 g/mol. The maximum absolute atomic E-state index is 11.6. The highest BCUT2D eigenvalue weighted by Gasteiger charge is 2.20. The number of nitro groups is 1. The van der Waals surface area contributed by atoms with Crippen LogP contribution >= 0.6 is 0 Å². The molecule has 0 aromatic carbocycles. The normalized spacial score (nSPS) is 10.1. The molecule has 9 heteroatoms. The minimum absolute atomic E-state index is 0.0861. The first-order valence-electron chi connectivity index (χ1n) is 4.99. The van der Waals surface area contributed by atoms with Gasteiger partial charge in [-0.3, -0.25) is 24.3 Å². The summed E-state index contributed by atoms with van der Waals surface area (Å²) in [6.07, 6.45) is 0.812. The van der Waals surface area contributed by atoms with Gasteiger partial charge in [-0.05, 0) is 6.92 Å². The summed E-state index contributed by atoms with van der Waals surface area (Å²) in [6.45, 7) is 0.996. The molecule has 0 aliphatic rings. The van der Waals surface area contributed by atoms with Crippen LogP contribution in [-0.4, -0.2) is 26.6 Å². The quantitative estimate of drug-likeness (QED) is 0.389. The van der Waals surface area contributed by atoms with Gasteiger partial charge in [-0.2, -0.15) is 0 Å². The number of hydrogen-bond donors (Lipinski definition) is 0. The summed E-state index contributed by atoms with van der Waals surface area (Å²) >= 11 is 0. The minimum atomic E-state index is -1.13. The summed E-state index contributed by atoms with van der Waals surface area (Å²) in [5, 5.41) is 10.6. The summed E-state index contributed by atoms with van der Waals surface area (Å²) in [5.74, 6) is -0.808. The first-order valence-corrected chi connectivity index (χ1v) is 4.99. The van der Waals surface area contributed by atoms with Crippen molar-refractivity contribution in [3.8, 4) is 0 Å². The molecule has 1 aromatic rings. The van der Waals surface area contributed by atoms with Crippen molar-refractivity contribution in [3.63, 3.8) is 0 Å². The molecule has 0 aliphatic carbocycles. The van der Waals surface area contributed by atoms with E-state index in [0.717, 1.165) is 10.8 Å². The molecule has 1 heterocycles. The van der Waals surface area contributed by atoms with Gasteiger partial charge in [0.15, 0.2) is 0 Å². The van der Waals surface area contributed by atoms with E-state index in [9.17, 15) is 24.5 Å². The first-order chi connectivity index (χ1) is 8.38. The predicted molar refractivity (Wildman–Crippen MR) is 59.2 cm³/mol. The van der Waals surface area contributed by atoms with Crippen LogP contribution in [0.4, 0.5) is 5.69 Å². The molecule has 0 aliphatic heterocycles. The summed E-state index contributed by atoms with van der Waals surface area (Å²) in [7, 11) is 1.25. The number of carbonyl (C=O) groups excluding carboxylic acids is 1. The zero-order valence-electron chi connectivity index (χ0n) is 9.78. The van der Waals surface area contributed by atoms with Gasteiger partial charge in [0, 0.05) is 7.05 Å². The van der Waals surface area contributed by atoms with Crippen LogP contribution in [0, 0.1) is 10.1 Å². The lowest BCUT2D eigenvalue weighted by Crippen LogP contribution is -2.41. The Kier molecular flexibility index (Phi) is 3.97. The summed E-state index contributed by atoms with van der Waals surface area (Å²) in [6, 6.07) is 0. The maximum Gasteiger partial charge on any atom is 0.350 e. The number of aryl methyl sites for hydroxylation is 1. The topological polar surface area (TPSA) is 113 Å². The lowest BCUT2D eigenvalue weighted by atomic mass is 10.5. The van der Waals surface area contributed by atoms with Crippen LogP contribution in [0.2, 0.25) is 0 Å². The Morgan fingerprint density at radius 2 is 2.11 bits per heavy atom. The summed E-state index contributed by atoms with van der Waals surface area (Å²) in [4.78, 5) is 44.1. The van der Waals surface area contributed by atoms with Gasteiger partial charge in [-0.25, -0.2) is 9.36 Å². The van der Waals surface area contributed by atoms with Crippen molar-refractivity contribution in [1.29, 1.82) is 0 Å². The number of rotatable bonds is 4. The van der Waals surface area contributed by atoms with E-state index in [1.807, 2.05) is 0 Å². The fourth-order valence-electron chi connectivity index (χ4n) is 1.31. The molecule has 0 spiro atoms. The molecule has 0 N–H and O–H groups in total. The molecule has 98 valence electrons. The summed E-state index contributed by atoms with van der Waals surface area (Å²) < 4.78 is 5.91. The number of carbonyl (C=O) groups is 1.